The number of aryl methyl sites for hydroxylation is 1. The lowest BCUT2D eigenvalue weighted by Gasteiger charge is -2.13. The van der Waals surface area contributed by atoms with E-state index in [4.69, 9.17) is 5.11 Å². The first-order valence-corrected chi connectivity index (χ1v) is 6.42. The second kappa shape index (κ2) is 6.18. The average molecular weight is 279 g/mol. The number of nitrogens with zero attached hydrogens (tertiary/aromatic N) is 3. The molecule has 0 bridgehead atoms. The van der Waals surface area contributed by atoms with E-state index in [1.165, 1.54) is 0 Å². The first kappa shape index (κ1) is 14.0. The van der Waals surface area contributed by atoms with Crippen LogP contribution in [0.2, 0.25) is 0 Å². The van der Waals surface area contributed by atoms with Crippen LogP contribution in [0.3, 0.4) is 0 Å². The molecule has 1 aromatic rings. The van der Waals surface area contributed by atoms with Crippen molar-refractivity contribution in [2.24, 2.45) is 5.92 Å². The van der Waals surface area contributed by atoms with Crippen molar-refractivity contribution < 1.29 is 14.7 Å². The Labute approximate surface area is 115 Å². The summed E-state index contributed by atoms with van der Waals surface area (Å²) in [5, 5.41) is 21.9. The van der Waals surface area contributed by atoms with Gasteiger partial charge in [-0.15, -0.1) is 10.2 Å². The first-order valence-electron chi connectivity index (χ1n) is 6.42. The summed E-state index contributed by atoms with van der Waals surface area (Å²) in [5.74, 6) is -0.724. The number of hydrogen-bond acceptors (Lipinski definition) is 4. The number of carboxylic acids is 1. The molecule has 0 saturated heterocycles. The molecule has 1 aromatic heterocycles. The predicted octanol–water partition coefficient (Wildman–Crippen LogP) is 0.127. The van der Waals surface area contributed by atoms with Crippen LogP contribution in [0.25, 0.3) is 0 Å². The van der Waals surface area contributed by atoms with Gasteiger partial charge in [0, 0.05) is 6.54 Å². The highest BCUT2D eigenvalue weighted by atomic mass is 16.4. The van der Waals surface area contributed by atoms with Gasteiger partial charge in [0.15, 0.2) is 5.82 Å². The fourth-order valence-electron chi connectivity index (χ4n) is 2.05. The SMILES string of the molecule is CCn1cnnc1CNC(=O)NC1C=CC(C(=O)O)C1. The van der Waals surface area contributed by atoms with Crippen LogP contribution in [-0.4, -0.2) is 37.9 Å². The molecule has 108 valence electrons. The lowest BCUT2D eigenvalue weighted by atomic mass is 10.1. The third-order valence-corrected chi connectivity index (χ3v) is 3.16. The van der Waals surface area contributed by atoms with Gasteiger partial charge < -0.3 is 20.3 Å². The van der Waals surface area contributed by atoms with Crippen LogP contribution in [-0.2, 0) is 17.9 Å². The summed E-state index contributed by atoms with van der Waals surface area (Å²) in [5.41, 5.74) is 0. The number of nitrogens with one attached hydrogen (secondary N) is 2. The maximum Gasteiger partial charge on any atom is 0.315 e. The lowest BCUT2D eigenvalue weighted by molar-refractivity contribution is -0.140. The normalized spacial score (nSPS) is 20.9. The van der Waals surface area contributed by atoms with E-state index in [0.717, 1.165) is 6.54 Å². The molecule has 0 fully saturated rings. The van der Waals surface area contributed by atoms with Crippen molar-refractivity contribution in [3.05, 3.63) is 24.3 Å². The van der Waals surface area contributed by atoms with Crippen LogP contribution in [0, 0.1) is 5.92 Å². The molecule has 0 spiro atoms. The van der Waals surface area contributed by atoms with Gasteiger partial charge in [-0.1, -0.05) is 12.2 Å². The monoisotopic (exact) mass is 279 g/mol. The minimum Gasteiger partial charge on any atom is -0.481 e. The number of amides is 2. The topological polar surface area (TPSA) is 109 Å². The number of aromatic nitrogens is 3. The molecule has 0 aromatic carbocycles. The quantitative estimate of drug-likeness (QED) is 0.664. The van der Waals surface area contributed by atoms with Crippen LogP contribution in [0.1, 0.15) is 19.2 Å². The second-order valence-electron chi connectivity index (χ2n) is 4.53. The Morgan fingerprint density at radius 3 is 2.95 bits per heavy atom. The first-order chi connectivity index (χ1) is 9.60. The number of carbonyl (C=O) groups excluding carboxylic acids is 1. The molecule has 20 heavy (non-hydrogen) atoms. The molecule has 2 unspecified atom stereocenters. The van der Waals surface area contributed by atoms with E-state index in [0.29, 0.717) is 12.2 Å². The summed E-state index contributed by atoms with van der Waals surface area (Å²) < 4.78 is 1.83. The van der Waals surface area contributed by atoms with Crippen molar-refractivity contribution in [3.63, 3.8) is 0 Å². The van der Waals surface area contributed by atoms with Crippen LogP contribution < -0.4 is 10.6 Å². The molecule has 0 saturated carbocycles. The summed E-state index contributed by atoms with van der Waals surface area (Å²) in [6.07, 6.45) is 5.29. The fraction of sp³-hybridized carbons (Fsp3) is 0.500. The maximum atomic E-state index is 11.7. The van der Waals surface area contributed by atoms with Crippen LogP contribution in [0.15, 0.2) is 18.5 Å². The van der Waals surface area contributed by atoms with Gasteiger partial charge in [-0.25, -0.2) is 4.79 Å². The Balaban J connectivity index is 1.77. The van der Waals surface area contributed by atoms with Crippen molar-refractivity contribution in [1.29, 1.82) is 0 Å². The molecule has 1 heterocycles. The number of carboxylic acid groups (broad SMARTS) is 1. The van der Waals surface area contributed by atoms with Gasteiger partial charge in [-0.2, -0.15) is 0 Å². The zero-order chi connectivity index (χ0) is 14.5. The molecule has 8 nitrogen and oxygen atoms in total. The van der Waals surface area contributed by atoms with E-state index in [9.17, 15) is 9.59 Å². The van der Waals surface area contributed by atoms with Crippen molar-refractivity contribution >= 4 is 12.0 Å². The van der Waals surface area contributed by atoms with Crippen LogP contribution in [0.5, 0.6) is 0 Å². The van der Waals surface area contributed by atoms with Gasteiger partial charge in [-0.3, -0.25) is 4.79 Å². The minimum absolute atomic E-state index is 0.250. The fourth-order valence-corrected chi connectivity index (χ4v) is 2.05. The van der Waals surface area contributed by atoms with E-state index < -0.39 is 11.9 Å². The summed E-state index contributed by atoms with van der Waals surface area (Å²) in [4.78, 5) is 22.5. The highest BCUT2D eigenvalue weighted by Gasteiger charge is 2.25. The standard InChI is InChI=1S/C12H17N5O3/c1-2-17-7-14-16-10(17)6-13-12(20)15-9-4-3-8(5-9)11(18)19/h3-4,7-9H,2,5-6H2,1H3,(H,18,19)(H2,13,15,20). The van der Waals surface area contributed by atoms with E-state index in [1.807, 2.05) is 11.5 Å². The highest BCUT2D eigenvalue weighted by Crippen LogP contribution is 2.17. The molecule has 2 amide bonds. The second-order valence-corrected chi connectivity index (χ2v) is 4.53. The number of rotatable bonds is 5. The Bertz CT molecular complexity index is 525. The molecule has 0 radical (unpaired) electrons. The van der Waals surface area contributed by atoms with Gasteiger partial charge in [0.05, 0.1) is 18.5 Å². The molecule has 1 aliphatic carbocycles. The maximum absolute atomic E-state index is 11.7. The number of carbonyl (C=O) groups is 2. The Morgan fingerprint density at radius 2 is 2.30 bits per heavy atom. The van der Waals surface area contributed by atoms with E-state index in [-0.39, 0.29) is 18.6 Å². The van der Waals surface area contributed by atoms with E-state index >= 15 is 0 Å². The third kappa shape index (κ3) is 3.34. The summed E-state index contributed by atoms with van der Waals surface area (Å²) in [6, 6.07) is -0.600. The summed E-state index contributed by atoms with van der Waals surface area (Å²) >= 11 is 0. The number of aliphatic carboxylic acids is 1. The van der Waals surface area contributed by atoms with Crippen molar-refractivity contribution in [1.82, 2.24) is 25.4 Å². The van der Waals surface area contributed by atoms with Crippen LogP contribution >= 0.6 is 0 Å². The molecule has 2 atom stereocenters. The van der Waals surface area contributed by atoms with Crippen molar-refractivity contribution in [2.75, 3.05) is 0 Å². The Morgan fingerprint density at radius 1 is 1.50 bits per heavy atom. The Kier molecular flexibility index (Phi) is 4.34. The van der Waals surface area contributed by atoms with Gasteiger partial charge in [0.2, 0.25) is 0 Å². The van der Waals surface area contributed by atoms with Gasteiger partial charge >= 0.3 is 12.0 Å². The molecule has 8 heteroatoms. The minimum atomic E-state index is -0.873. The predicted molar refractivity (Wildman–Crippen MR) is 69.7 cm³/mol. The number of hydrogen-bond donors (Lipinski definition) is 3. The molecular weight excluding hydrogens is 262 g/mol. The molecular formula is C12H17N5O3. The molecule has 3 N–H and O–H groups in total. The molecule has 2 rings (SSSR count). The van der Waals surface area contributed by atoms with Crippen molar-refractivity contribution in [3.8, 4) is 0 Å². The number of urea groups is 1. The average Bonchev–Trinajstić information content (AvgIpc) is 3.04. The van der Waals surface area contributed by atoms with Gasteiger partial charge in [0.1, 0.15) is 6.33 Å². The Hall–Kier alpha value is -2.38. The molecule has 0 aliphatic heterocycles. The summed E-state index contributed by atoms with van der Waals surface area (Å²) in [7, 11) is 0. The lowest BCUT2D eigenvalue weighted by Crippen LogP contribution is -2.41. The van der Waals surface area contributed by atoms with Gasteiger partial charge in [0.25, 0.3) is 0 Å². The van der Waals surface area contributed by atoms with E-state index in [2.05, 4.69) is 20.8 Å². The smallest absolute Gasteiger partial charge is 0.315 e. The largest absolute Gasteiger partial charge is 0.481 e. The zero-order valence-corrected chi connectivity index (χ0v) is 11.1. The van der Waals surface area contributed by atoms with Gasteiger partial charge in [-0.05, 0) is 13.3 Å². The molecule has 1 aliphatic rings. The zero-order valence-electron chi connectivity index (χ0n) is 11.1. The van der Waals surface area contributed by atoms with E-state index in [1.54, 1.807) is 18.5 Å². The van der Waals surface area contributed by atoms with Crippen LogP contribution in [0.4, 0.5) is 4.79 Å². The van der Waals surface area contributed by atoms with Crippen molar-refractivity contribution in [2.45, 2.75) is 32.5 Å². The highest BCUT2D eigenvalue weighted by molar-refractivity contribution is 5.76. The third-order valence-electron chi connectivity index (χ3n) is 3.16. The summed E-state index contributed by atoms with van der Waals surface area (Å²) in [6.45, 7) is 2.97.